The summed E-state index contributed by atoms with van der Waals surface area (Å²) in [6.45, 7) is -0.120. The van der Waals surface area contributed by atoms with E-state index < -0.39 is 5.63 Å². The maximum absolute atomic E-state index is 13.3. The number of hydrogen-bond acceptors (Lipinski definition) is 6. The predicted molar refractivity (Wildman–Crippen MR) is 102 cm³/mol. The van der Waals surface area contributed by atoms with Crippen molar-refractivity contribution in [1.29, 1.82) is 0 Å². The molecule has 0 saturated heterocycles. The van der Waals surface area contributed by atoms with Crippen molar-refractivity contribution < 1.29 is 22.9 Å². The molecule has 0 aliphatic heterocycles. The highest BCUT2D eigenvalue weighted by atomic mass is 19.1. The first-order valence-electron chi connectivity index (χ1n) is 8.72. The molecule has 29 heavy (non-hydrogen) atoms. The number of aromatic nitrogens is 1. The molecule has 0 bridgehead atoms. The van der Waals surface area contributed by atoms with Crippen molar-refractivity contribution in [3.8, 4) is 17.0 Å². The first-order valence-corrected chi connectivity index (χ1v) is 8.72. The molecule has 2 aromatic carbocycles. The topological polar surface area (TPSA) is 94.6 Å². The molecular formula is C21H15FN2O5. The van der Waals surface area contributed by atoms with Gasteiger partial charge in [-0.15, -0.1) is 0 Å². The Morgan fingerprint density at radius 1 is 1.10 bits per heavy atom. The highest BCUT2D eigenvalue weighted by Gasteiger charge is 2.10. The van der Waals surface area contributed by atoms with Crippen LogP contribution >= 0.6 is 0 Å². The molecule has 0 atom stereocenters. The molecular weight excluding hydrogens is 379 g/mol. The average Bonchev–Trinajstić information content (AvgIpc) is 3.19. The molecule has 0 saturated carbocycles. The van der Waals surface area contributed by atoms with Crippen LogP contribution < -0.4 is 15.7 Å². The largest absolute Gasteiger partial charge is 0.484 e. The minimum Gasteiger partial charge on any atom is -0.484 e. The van der Waals surface area contributed by atoms with E-state index in [1.54, 1.807) is 42.5 Å². The molecule has 1 N–H and O–H groups in total. The smallest absolute Gasteiger partial charge is 0.336 e. The number of carbonyl (C=O) groups is 1. The SMILES string of the molecule is O=C(COc1ccc2ccc(=O)oc2c1)NCc1cc(-c2cccc(F)c2)no1. The van der Waals surface area contributed by atoms with Gasteiger partial charge in [0.15, 0.2) is 12.4 Å². The first kappa shape index (κ1) is 18.4. The second-order valence-corrected chi connectivity index (χ2v) is 6.21. The van der Waals surface area contributed by atoms with E-state index >= 15 is 0 Å². The van der Waals surface area contributed by atoms with E-state index in [2.05, 4.69) is 10.5 Å². The number of hydrogen-bond donors (Lipinski definition) is 1. The fourth-order valence-electron chi connectivity index (χ4n) is 2.70. The van der Waals surface area contributed by atoms with Gasteiger partial charge in [-0.05, 0) is 30.3 Å². The van der Waals surface area contributed by atoms with Crippen LogP contribution in [0.15, 0.2) is 74.4 Å². The summed E-state index contributed by atoms with van der Waals surface area (Å²) in [5, 5.41) is 7.27. The van der Waals surface area contributed by atoms with Crippen LogP contribution in [0.5, 0.6) is 5.75 Å². The van der Waals surface area contributed by atoms with Crippen LogP contribution in [0.1, 0.15) is 5.76 Å². The van der Waals surface area contributed by atoms with E-state index in [1.807, 2.05) is 0 Å². The van der Waals surface area contributed by atoms with E-state index in [-0.39, 0.29) is 24.9 Å². The lowest BCUT2D eigenvalue weighted by Crippen LogP contribution is -2.28. The Bertz CT molecular complexity index is 1230. The monoisotopic (exact) mass is 394 g/mol. The molecule has 146 valence electrons. The highest BCUT2D eigenvalue weighted by Crippen LogP contribution is 2.20. The lowest BCUT2D eigenvalue weighted by Gasteiger charge is -2.07. The third-order valence-electron chi connectivity index (χ3n) is 4.10. The molecule has 7 nitrogen and oxygen atoms in total. The normalized spacial score (nSPS) is 10.8. The molecule has 0 aliphatic rings. The lowest BCUT2D eigenvalue weighted by atomic mass is 10.1. The summed E-state index contributed by atoms with van der Waals surface area (Å²) >= 11 is 0. The van der Waals surface area contributed by atoms with Gasteiger partial charge in [0.05, 0.1) is 6.54 Å². The maximum atomic E-state index is 13.3. The molecule has 0 fully saturated rings. The molecule has 0 unspecified atom stereocenters. The molecule has 0 spiro atoms. The van der Waals surface area contributed by atoms with Gasteiger partial charge in [-0.1, -0.05) is 17.3 Å². The Hall–Kier alpha value is -3.94. The third kappa shape index (κ3) is 4.49. The number of amides is 1. The third-order valence-corrected chi connectivity index (χ3v) is 4.10. The summed E-state index contributed by atoms with van der Waals surface area (Å²) in [6, 6.07) is 15.5. The number of benzene rings is 2. The van der Waals surface area contributed by atoms with Crippen molar-refractivity contribution in [3.63, 3.8) is 0 Å². The van der Waals surface area contributed by atoms with Crippen molar-refractivity contribution >= 4 is 16.9 Å². The zero-order valence-corrected chi connectivity index (χ0v) is 15.1. The molecule has 0 aliphatic carbocycles. The molecule has 4 aromatic rings. The van der Waals surface area contributed by atoms with Crippen molar-refractivity contribution in [1.82, 2.24) is 10.5 Å². The van der Waals surface area contributed by atoms with E-state index in [9.17, 15) is 14.0 Å². The van der Waals surface area contributed by atoms with Gasteiger partial charge in [0.2, 0.25) is 0 Å². The molecule has 1 amide bonds. The van der Waals surface area contributed by atoms with Crippen LogP contribution in [0.25, 0.3) is 22.2 Å². The highest BCUT2D eigenvalue weighted by molar-refractivity contribution is 5.79. The van der Waals surface area contributed by atoms with Gasteiger partial charge < -0.3 is 19.0 Å². The van der Waals surface area contributed by atoms with E-state index in [1.165, 1.54) is 18.2 Å². The summed E-state index contributed by atoms with van der Waals surface area (Å²) in [5.74, 6) is 0.0777. The van der Waals surface area contributed by atoms with Gasteiger partial charge in [-0.3, -0.25) is 4.79 Å². The van der Waals surface area contributed by atoms with Crippen LogP contribution in [-0.4, -0.2) is 17.7 Å². The molecule has 4 rings (SSSR count). The Morgan fingerprint density at radius 3 is 2.83 bits per heavy atom. The van der Waals surface area contributed by atoms with Gasteiger partial charge in [0.25, 0.3) is 5.91 Å². The maximum Gasteiger partial charge on any atom is 0.336 e. The number of halogens is 1. The Labute approximate surface area is 163 Å². The summed E-state index contributed by atoms with van der Waals surface area (Å²) in [6.07, 6.45) is 0. The Kier molecular flexibility index (Phi) is 5.07. The zero-order chi connectivity index (χ0) is 20.2. The second-order valence-electron chi connectivity index (χ2n) is 6.21. The van der Waals surface area contributed by atoms with E-state index in [4.69, 9.17) is 13.7 Å². The van der Waals surface area contributed by atoms with Gasteiger partial charge >= 0.3 is 5.63 Å². The number of nitrogens with zero attached hydrogens (tertiary/aromatic N) is 1. The van der Waals surface area contributed by atoms with Crippen molar-refractivity contribution in [3.05, 3.63) is 82.7 Å². The summed E-state index contributed by atoms with van der Waals surface area (Å²) in [4.78, 5) is 23.3. The van der Waals surface area contributed by atoms with E-state index in [0.717, 1.165) is 5.39 Å². The summed E-state index contributed by atoms with van der Waals surface area (Å²) < 4.78 is 29.0. The summed E-state index contributed by atoms with van der Waals surface area (Å²) in [7, 11) is 0. The predicted octanol–water partition coefficient (Wildman–Crippen LogP) is 3.28. The van der Waals surface area contributed by atoms with Crippen LogP contribution in [0.3, 0.4) is 0 Å². The van der Waals surface area contributed by atoms with Gasteiger partial charge in [-0.2, -0.15) is 0 Å². The quantitative estimate of drug-likeness (QED) is 0.505. The molecule has 2 aromatic heterocycles. The number of rotatable bonds is 6. The number of ether oxygens (including phenoxy) is 1. The van der Waals surface area contributed by atoms with Gasteiger partial charge in [0.1, 0.15) is 22.8 Å². The summed E-state index contributed by atoms with van der Waals surface area (Å²) in [5.41, 5.74) is 0.972. The fraction of sp³-hybridized carbons (Fsp3) is 0.0952. The van der Waals surface area contributed by atoms with Gasteiger partial charge in [-0.25, -0.2) is 9.18 Å². The van der Waals surface area contributed by atoms with Crippen molar-refractivity contribution in [2.75, 3.05) is 6.61 Å². The van der Waals surface area contributed by atoms with Crippen LogP contribution in [0.2, 0.25) is 0 Å². The fourth-order valence-corrected chi connectivity index (χ4v) is 2.70. The lowest BCUT2D eigenvalue weighted by molar-refractivity contribution is -0.123. The van der Waals surface area contributed by atoms with Gasteiger partial charge in [0, 0.05) is 29.1 Å². The minimum absolute atomic E-state index is 0.108. The first-order chi connectivity index (χ1) is 14.1. The molecule has 0 radical (unpaired) electrons. The Balaban J connectivity index is 1.32. The number of carbonyl (C=O) groups excluding carboxylic acids is 1. The minimum atomic E-state index is -0.461. The standard InChI is InChI=1S/C21H15FN2O5/c22-15-3-1-2-14(8-15)18-9-17(29-24-18)11-23-20(25)12-27-16-6-4-13-5-7-21(26)28-19(13)10-16/h1-10H,11-12H2,(H,23,25). The van der Waals surface area contributed by atoms with Crippen molar-refractivity contribution in [2.45, 2.75) is 6.54 Å². The zero-order valence-electron chi connectivity index (χ0n) is 15.1. The molecule has 8 heteroatoms. The Morgan fingerprint density at radius 2 is 1.97 bits per heavy atom. The molecule has 2 heterocycles. The van der Waals surface area contributed by atoms with Crippen molar-refractivity contribution in [2.24, 2.45) is 0 Å². The van der Waals surface area contributed by atoms with Crippen LogP contribution in [-0.2, 0) is 11.3 Å². The number of fused-ring (bicyclic) bond motifs is 1. The number of nitrogens with one attached hydrogen (secondary N) is 1. The van der Waals surface area contributed by atoms with Crippen LogP contribution in [0, 0.1) is 5.82 Å². The second kappa shape index (κ2) is 7.97. The van der Waals surface area contributed by atoms with E-state index in [0.29, 0.717) is 28.4 Å². The average molecular weight is 394 g/mol. The van der Waals surface area contributed by atoms with Crippen LogP contribution in [0.4, 0.5) is 4.39 Å².